The van der Waals surface area contributed by atoms with Gasteiger partial charge in [-0.3, -0.25) is 4.79 Å². The summed E-state index contributed by atoms with van der Waals surface area (Å²) in [7, 11) is -2.20. The summed E-state index contributed by atoms with van der Waals surface area (Å²) in [5.74, 6) is -0.0446. The maximum Gasteiger partial charge on any atom is 0.242 e. The van der Waals surface area contributed by atoms with E-state index in [-0.39, 0.29) is 22.5 Å². The number of hydrogen-bond donors (Lipinski definition) is 3. The lowest BCUT2D eigenvalue weighted by atomic mass is 10.2. The summed E-state index contributed by atoms with van der Waals surface area (Å²) in [6, 6.07) is 5.00. The number of carbonyl (C=O) groups is 1. The molecule has 0 aliphatic carbocycles. The highest BCUT2D eigenvalue weighted by molar-refractivity contribution is 7.89. The van der Waals surface area contributed by atoms with Crippen LogP contribution < -0.4 is 20.7 Å². The van der Waals surface area contributed by atoms with Crippen molar-refractivity contribution in [3.8, 4) is 0 Å². The fourth-order valence-corrected chi connectivity index (χ4v) is 3.32. The monoisotopic (exact) mass is 312 g/mol. The Kier molecular flexibility index (Phi) is 4.38. The highest BCUT2D eigenvalue weighted by Crippen LogP contribution is 2.27. The van der Waals surface area contributed by atoms with Gasteiger partial charge in [-0.05, 0) is 31.7 Å². The Morgan fingerprint density at radius 2 is 2.14 bits per heavy atom. The Morgan fingerprint density at radius 1 is 1.43 bits per heavy atom. The van der Waals surface area contributed by atoms with Gasteiger partial charge in [0.25, 0.3) is 0 Å². The zero-order chi connectivity index (χ0) is 15.6. The van der Waals surface area contributed by atoms with Gasteiger partial charge < -0.3 is 16.0 Å². The fraction of sp³-hybridized carbons (Fsp3) is 0.462. The maximum atomic E-state index is 11.8. The van der Waals surface area contributed by atoms with E-state index in [1.165, 1.54) is 20.0 Å². The summed E-state index contributed by atoms with van der Waals surface area (Å²) in [6.45, 7) is 2.98. The van der Waals surface area contributed by atoms with Crippen molar-refractivity contribution in [1.82, 2.24) is 10.0 Å². The largest absolute Gasteiger partial charge is 0.398 e. The summed E-state index contributed by atoms with van der Waals surface area (Å²) >= 11 is 0. The molecular formula is C13H20N4O3S. The second-order valence-corrected chi connectivity index (χ2v) is 6.92. The Morgan fingerprint density at radius 3 is 2.71 bits per heavy atom. The van der Waals surface area contributed by atoms with Gasteiger partial charge in [0, 0.05) is 31.7 Å². The second-order valence-electron chi connectivity index (χ2n) is 5.06. The third-order valence-corrected chi connectivity index (χ3v) is 5.00. The quantitative estimate of drug-likeness (QED) is 0.673. The lowest BCUT2D eigenvalue weighted by Gasteiger charge is -2.20. The molecule has 1 aromatic rings. The number of amides is 1. The molecule has 0 aromatic heterocycles. The number of nitrogens with two attached hydrogens (primary N) is 1. The third-order valence-electron chi connectivity index (χ3n) is 3.51. The molecule has 1 saturated heterocycles. The first kappa shape index (κ1) is 15.6. The van der Waals surface area contributed by atoms with Gasteiger partial charge in [-0.15, -0.1) is 0 Å². The zero-order valence-corrected chi connectivity index (χ0v) is 12.9. The number of rotatable bonds is 4. The summed E-state index contributed by atoms with van der Waals surface area (Å²) in [6.07, 6.45) is 0.857. The van der Waals surface area contributed by atoms with Gasteiger partial charge >= 0.3 is 0 Å². The highest BCUT2D eigenvalue weighted by Gasteiger charge is 2.24. The van der Waals surface area contributed by atoms with Crippen LogP contribution in [-0.4, -0.2) is 40.5 Å². The van der Waals surface area contributed by atoms with Crippen LogP contribution in [0.1, 0.15) is 13.3 Å². The van der Waals surface area contributed by atoms with Crippen LogP contribution in [0.4, 0.5) is 11.4 Å². The molecule has 1 unspecified atom stereocenters. The van der Waals surface area contributed by atoms with E-state index >= 15 is 0 Å². The third kappa shape index (κ3) is 3.45. The molecule has 0 radical (unpaired) electrons. The second kappa shape index (κ2) is 5.90. The molecule has 4 N–H and O–H groups in total. The van der Waals surface area contributed by atoms with Crippen LogP contribution in [0.3, 0.4) is 0 Å². The summed E-state index contributed by atoms with van der Waals surface area (Å²) < 4.78 is 25.8. The number of sulfonamides is 1. The maximum absolute atomic E-state index is 11.8. The minimum atomic E-state index is -3.55. The normalized spacial score (nSPS) is 18.8. The molecule has 116 valence electrons. The average molecular weight is 312 g/mol. The number of nitrogens with zero attached hydrogens (tertiary/aromatic N) is 1. The topological polar surface area (TPSA) is 105 Å². The van der Waals surface area contributed by atoms with Crippen molar-refractivity contribution in [3.05, 3.63) is 18.2 Å². The molecule has 1 aliphatic heterocycles. The number of anilines is 2. The molecule has 0 saturated carbocycles. The SMILES string of the molecule is CNS(=O)(=O)c1ccc(N2CCC(NC(C)=O)C2)cc1N. The Labute approximate surface area is 124 Å². The van der Waals surface area contributed by atoms with E-state index in [2.05, 4.69) is 14.9 Å². The van der Waals surface area contributed by atoms with Crippen LogP contribution >= 0.6 is 0 Å². The van der Waals surface area contributed by atoms with Crippen LogP contribution in [0.2, 0.25) is 0 Å². The molecule has 1 aromatic carbocycles. The number of nitrogen functional groups attached to an aromatic ring is 1. The lowest BCUT2D eigenvalue weighted by Crippen LogP contribution is -2.35. The van der Waals surface area contributed by atoms with Crippen LogP contribution in [0.25, 0.3) is 0 Å². The van der Waals surface area contributed by atoms with E-state index in [4.69, 9.17) is 5.73 Å². The first-order valence-electron chi connectivity index (χ1n) is 6.68. The summed E-state index contributed by atoms with van der Waals surface area (Å²) in [5.41, 5.74) is 6.92. The number of hydrogen-bond acceptors (Lipinski definition) is 5. The Balaban J connectivity index is 2.17. The molecule has 0 bridgehead atoms. The van der Waals surface area contributed by atoms with Crippen molar-refractivity contribution >= 4 is 27.3 Å². The van der Waals surface area contributed by atoms with E-state index < -0.39 is 10.0 Å². The van der Waals surface area contributed by atoms with Crippen LogP contribution in [0, 0.1) is 0 Å². The predicted octanol–water partition coefficient (Wildman–Crippen LogP) is -0.108. The van der Waals surface area contributed by atoms with Crippen molar-refractivity contribution in [3.63, 3.8) is 0 Å². The van der Waals surface area contributed by atoms with Crippen molar-refractivity contribution in [2.75, 3.05) is 30.8 Å². The summed E-state index contributed by atoms with van der Waals surface area (Å²) in [4.78, 5) is 13.2. The van der Waals surface area contributed by atoms with Gasteiger partial charge in [0.2, 0.25) is 15.9 Å². The Bertz CT molecular complexity index is 645. The van der Waals surface area contributed by atoms with Gasteiger partial charge in [-0.1, -0.05) is 0 Å². The molecular weight excluding hydrogens is 292 g/mol. The molecule has 1 fully saturated rings. The van der Waals surface area contributed by atoms with Crippen molar-refractivity contribution < 1.29 is 13.2 Å². The van der Waals surface area contributed by atoms with Gasteiger partial charge in [-0.25, -0.2) is 13.1 Å². The molecule has 1 aliphatic rings. The lowest BCUT2D eigenvalue weighted by molar-refractivity contribution is -0.119. The van der Waals surface area contributed by atoms with E-state index in [1.807, 2.05) is 0 Å². The van der Waals surface area contributed by atoms with Crippen molar-refractivity contribution in [1.29, 1.82) is 0 Å². The van der Waals surface area contributed by atoms with Gasteiger partial charge in [-0.2, -0.15) is 0 Å². The summed E-state index contributed by atoms with van der Waals surface area (Å²) in [5, 5.41) is 2.88. The number of carbonyl (C=O) groups excluding carboxylic acids is 1. The fourth-order valence-electron chi connectivity index (χ4n) is 2.49. The van der Waals surface area contributed by atoms with E-state index in [9.17, 15) is 13.2 Å². The molecule has 21 heavy (non-hydrogen) atoms. The van der Waals surface area contributed by atoms with E-state index in [1.54, 1.807) is 12.1 Å². The van der Waals surface area contributed by atoms with Crippen LogP contribution in [0.5, 0.6) is 0 Å². The molecule has 1 heterocycles. The van der Waals surface area contributed by atoms with Crippen molar-refractivity contribution in [2.45, 2.75) is 24.3 Å². The van der Waals surface area contributed by atoms with E-state index in [0.717, 1.165) is 18.7 Å². The minimum Gasteiger partial charge on any atom is -0.398 e. The molecule has 8 heteroatoms. The van der Waals surface area contributed by atoms with Gasteiger partial charge in [0.1, 0.15) is 4.90 Å². The van der Waals surface area contributed by atoms with Crippen LogP contribution in [-0.2, 0) is 14.8 Å². The zero-order valence-electron chi connectivity index (χ0n) is 12.1. The predicted molar refractivity (Wildman–Crippen MR) is 81.5 cm³/mol. The molecule has 1 amide bonds. The molecule has 2 rings (SSSR count). The smallest absolute Gasteiger partial charge is 0.242 e. The molecule has 1 atom stereocenters. The number of nitrogens with one attached hydrogen (secondary N) is 2. The van der Waals surface area contributed by atoms with Crippen LogP contribution in [0.15, 0.2) is 23.1 Å². The van der Waals surface area contributed by atoms with Gasteiger partial charge in [0.05, 0.1) is 5.69 Å². The van der Waals surface area contributed by atoms with E-state index in [0.29, 0.717) is 6.54 Å². The van der Waals surface area contributed by atoms with Gasteiger partial charge in [0.15, 0.2) is 0 Å². The van der Waals surface area contributed by atoms with Crippen molar-refractivity contribution in [2.24, 2.45) is 0 Å². The highest BCUT2D eigenvalue weighted by atomic mass is 32.2. The Hall–Kier alpha value is -1.80. The first-order chi connectivity index (χ1) is 9.83. The minimum absolute atomic E-state index is 0.0446. The number of benzene rings is 1. The standard InChI is InChI=1S/C13H20N4O3S/c1-9(18)16-10-5-6-17(8-10)11-3-4-13(12(14)7-11)21(19,20)15-2/h3-4,7,10,15H,5-6,8,14H2,1-2H3,(H,16,18). The molecule has 7 nitrogen and oxygen atoms in total. The average Bonchev–Trinajstić information content (AvgIpc) is 2.86. The molecule has 0 spiro atoms. The first-order valence-corrected chi connectivity index (χ1v) is 8.17.